The zero-order valence-corrected chi connectivity index (χ0v) is 16.5. The fraction of sp³-hybridized carbons (Fsp3) is 0.211. The normalized spacial score (nSPS) is 11.5. The molecule has 0 unspecified atom stereocenters. The molecule has 0 saturated heterocycles. The highest BCUT2D eigenvalue weighted by atomic mass is 35.5. The van der Waals surface area contributed by atoms with Crippen molar-refractivity contribution in [1.29, 1.82) is 5.26 Å². The summed E-state index contributed by atoms with van der Waals surface area (Å²) in [5, 5.41) is 15.8. The molecule has 2 heterocycles. The molecule has 0 aliphatic carbocycles. The van der Waals surface area contributed by atoms with Crippen LogP contribution in [0.15, 0.2) is 34.2 Å². The molecule has 0 bridgehead atoms. The van der Waals surface area contributed by atoms with Gasteiger partial charge >= 0.3 is 0 Å². The van der Waals surface area contributed by atoms with Gasteiger partial charge in [0.25, 0.3) is 5.89 Å². The Morgan fingerprint density at radius 2 is 2.22 bits per heavy atom. The summed E-state index contributed by atoms with van der Waals surface area (Å²) in [6.07, 6.45) is 1.56. The maximum Gasteiger partial charge on any atom is 0.268 e. The first-order valence-corrected chi connectivity index (χ1v) is 9.31. The van der Waals surface area contributed by atoms with Gasteiger partial charge < -0.3 is 14.0 Å². The number of hydrogen-bond donors (Lipinski definition) is 0. The van der Waals surface area contributed by atoms with Crippen molar-refractivity contribution < 1.29 is 14.0 Å². The molecule has 0 saturated carbocycles. The summed E-state index contributed by atoms with van der Waals surface area (Å²) in [6.45, 7) is 3.80. The van der Waals surface area contributed by atoms with E-state index in [4.69, 9.17) is 25.6 Å². The molecule has 0 N–H and O–H groups in total. The monoisotopic (exact) mass is 401 g/mol. The van der Waals surface area contributed by atoms with E-state index in [0.29, 0.717) is 27.9 Å². The topological polar surface area (TPSA) is 81.2 Å². The molecule has 0 aliphatic rings. The number of hydrogen-bond acceptors (Lipinski definition) is 7. The molecule has 3 aromatic rings. The number of halogens is 1. The Hall–Kier alpha value is -2.82. The molecular weight excluding hydrogens is 386 g/mol. The lowest BCUT2D eigenvalue weighted by atomic mass is 10.1. The highest BCUT2D eigenvalue weighted by Gasteiger charge is 2.16. The second-order valence-electron chi connectivity index (χ2n) is 5.77. The summed E-state index contributed by atoms with van der Waals surface area (Å²) < 4.78 is 16.3. The van der Waals surface area contributed by atoms with Crippen molar-refractivity contribution in [3.8, 4) is 28.3 Å². The molecule has 0 aliphatic heterocycles. The highest BCUT2D eigenvalue weighted by molar-refractivity contribution is 7.13. The van der Waals surface area contributed by atoms with Gasteiger partial charge in [0.05, 0.1) is 23.1 Å². The van der Waals surface area contributed by atoms with Crippen molar-refractivity contribution in [2.75, 3.05) is 7.11 Å². The maximum absolute atomic E-state index is 9.52. The Morgan fingerprint density at radius 3 is 2.85 bits per heavy atom. The van der Waals surface area contributed by atoms with Gasteiger partial charge in [0, 0.05) is 0 Å². The molecule has 0 atom stereocenters. The van der Waals surface area contributed by atoms with Gasteiger partial charge in [-0.1, -0.05) is 22.8 Å². The smallest absolute Gasteiger partial charge is 0.268 e. The molecule has 27 heavy (non-hydrogen) atoms. The largest absolute Gasteiger partial charge is 0.493 e. The first kappa shape index (κ1) is 19.0. The maximum atomic E-state index is 9.52. The number of ether oxygens (including phenoxy) is 2. The van der Waals surface area contributed by atoms with E-state index in [0.717, 1.165) is 4.88 Å². The lowest BCUT2D eigenvalue weighted by Crippen LogP contribution is -2.07. The van der Waals surface area contributed by atoms with Crippen LogP contribution in [0.2, 0.25) is 5.02 Å². The minimum absolute atomic E-state index is 0.0541. The van der Waals surface area contributed by atoms with Crippen LogP contribution in [-0.2, 0) is 0 Å². The number of aromatic nitrogens is 2. The summed E-state index contributed by atoms with van der Waals surface area (Å²) in [7, 11) is 1.53. The Morgan fingerprint density at radius 1 is 1.41 bits per heavy atom. The van der Waals surface area contributed by atoms with Gasteiger partial charge in [-0.15, -0.1) is 11.3 Å². The van der Waals surface area contributed by atoms with E-state index < -0.39 is 0 Å². The van der Waals surface area contributed by atoms with Gasteiger partial charge in [-0.3, -0.25) is 0 Å². The van der Waals surface area contributed by atoms with Gasteiger partial charge in [-0.2, -0.15) is 10.2 Å². The molecule has 0 fully saturated rings. The van der Waals surface area contributed by atoms with Gasteiger partial charge in [-0.25, -0.2) is 0 Å². The van der Waals surface area contributed by atoms with E-state index in [1.165, 1.54) is 18.4 Å². The van der Waals surface area contributed by atoms with Crippen molar-refractivity contribution >= 4 is 34.6 Å². The first-order valence-electron chi connectivity index (χ1n) is 8.05. The molecule has 138 valence electrons. The molecule has 3 rings (SSSR count). The quantitative estimate of drug-likeness (QED) is 0.520. The summed E-state index contributed by atoms with van der Waals surface area (Å²) in [6, 6.07) is 9.28. The number of allylic oxidation sites excluding steroid dienone is 1. The summed E-state index contributed by atoms with van der Waals surface area (Å²) in [4.78, 5) is 5.16. The number of methoxy groups -OCH3 is 1. The van der Waals surface area contributed by atoms with Crippen LogP contribution in [0.25, 0.3) is 22.4 Å². The first-order chi connectivity index (χ1) is 13.0. The second-order valence-corrected chi connectivity index (χ2v) is 7.13. The van der Waals surface area contributed by atoms with E-state index in [-0.39, 0.29) is 17.6 Å². The number of nitriles is 1. The van der Waals surface area contributed by atoms with E-state index in [1.807, 2.05) is 31.4 Å². The summed E-state index contributed by atoms with van der Waals surface area (Å²) in [5.74, 6) is 1.52. The van der Waals surface area contributed by atoms with Crippen LogP contribution in [0.4, 0.5) is 0 Å². The SMILES string of the molecule is COc1cc(/C=C(\C#N)c2nc(-c3cccs3)no2)cc(Cl)c1OC(C)C. The Bertz CT molecular complexity index is 1000. The fourth-order valence-electron chi connectivity index (χ4n) is 2.32. The van der Waals surface area contributed by atoms with Gasteiger partial charge in [0.2, 0.25) is 5.82 Å². The summed E-state index contributed by atoms with van der Waals surface area (Å²) >= 11 is 7.83. The van der Waals surface area contributed by atoms with Crippen LogP contribution >= 0.6 is 22.9 Å². The third-order valence-electron chi connectivity index (χ3n) is 3.43. The standard InChI is InChI=1S/C19H16ClN3O3S/c1-11(2)25-17-14(20)8-12(9-15(17)24-3)7-13(10-21)19-22-18(23-26-19)16-5-4-6-27-16/h4-9,11H,1-3H3/b13-7+. The van der Waals surface area contributed by atoms with Gasteiger partial charge in [0.1, 0.15) is 11.6 Å². The van der Waals surface area contributed by atoms with E-state index in [2.05, 4.69) is 16.2 Å². The minimum Gasteiger partial charge on any atom is -0.493 e. The molecule has 2 aromatic heterocycles. The number of rotatable bonds is 6. The molecule has 0 spiro atoms. The van der Waals surface area contributed by atoms with Crippen molar-refractivity contribution in [3.63, 3.8) is 0 Å². The van der Waals surface area contributed by atoms with E-state index >= 15 is 0 Å². The average molecular weight is 402 g/mol. The molecule has 0 radical (unpaired) electrons. The minimum atomic E-state index is -0.0541. The lowest BCUT2D eigenvalue weighted by molar-refractivity contribution is 0.230. The van der Waals surface area contributed by atoms with Crippen LogP contribution < -0.4 is 9.47 Å². The fourth-order valence-corrected chi connectivity index (χ4v) is 3.23. The predicted octanol–water partition coefficient (Wildman–Crippen LogP) is 5.31. The van der Waals surface area contributed by atoms with Crippen LogP contribution in [0.5, 0.6) is 11.5 Å². The van der Waals surface area contributed by atoms with Gasteiger partial charge in [-0.05, 0) is 49.1 Å². The third kappa shape index (κ3) is 4.30. The second kappa shape index (κ2) is 8.25. The van der Waals surface area contributed by atoms with Crippen LogP contribution in [0.3, 0.4) is 0 Å². The molecule has 8 heteroatoms. The van der Waals surface area contributed by atoms with E-state index in [9.17, 15) is 5.26 Å². The zero-order valence-electron chi connectivity index (χ0n) is 14.9. The van der Waals surface area contributed by atoms with Crippen LogP contribution in [-0.4, -0.2) is 23.4 Å². The summed E-state index contributed by atoms with van der Waals surface area (Å²) in [5.41, 5.74) is 0.876. The van der Waals surface area contributed by atoms with Crippen molar-refractivity contribution in [2.45, 2.75) is 20.0 Å². The molecular formula is C19H16ClN3O3S. The van der Waals surface area contributed by atoms with Gasteiger partial charge in [0.15, 0.2) is 11.5 Å². The number of benzene rings is 1. The van der Waals surface area contributed by atoms with Crippen LogP contribution in [0.1, 0.15) is 25.3 Å². The Kier molecular flexibility index (Phi) is 5.79. The molecule has 1 aromatic carbocycles. The van der Waals surface area contributed by atoms with Crippen molar-refractivity contribution in [1.82, 2.24) is 10.1 Å². The lowest BCUT2D eigenvalue weighted by Gasteiger charge is -2.15. The predicted molar refractivity (Wildman–Crippen MR) is 105 cm³/mol. The Balaban J connectivity index is 1.97. The Labute approximate surface area is 165 Å². The zero-order chi connectivity index (χ0) is 19.4. The molecule has 0 amide bonds. The number of thiophene rings is 1. The van der Waals surface area contributed by atoms with Crippen molar-refractivity contribution in [2.24, 2.45) is 0 Å². The number of nitrogens with zero attached hydrogens (tertiary/aromatic N) is 3. The molecule has 6 nitrogen and oxygen atoms in total. The van der Waals surface area contributed by atoms with Crippen molar-refractivity contribution in [3.05, 3.63) is 46.1 Å². The third-order valence-corrected chi connectivity index (χ3v) is 4.58. The highest BCUT2D eigenvalue weighted by Crippen LogP contribution is 2.38. The van der Waals surface area contributed by atoms with E-state index in [1.54, 1.807) is 18.2 Å². The average Bonchev–Trinajstić information content (AvgIpc) is 3.32. The van der Waals surface area contributed by atoms with Crippen LogP contribution in [0, 0.1) is 11.3 Å².